The van der Waals surface area contributed by atoms with Crippen LogP contribution in [0.1, 0.15) is 30.4 Å². The molecular formula is C15H24N2O. The fourth-order valence-corrected chi connectivity index (χ4v) is 2.52. The zero-order chi connectivity index (χ0) is 12.6. The van der Waals surface area contributed by atoms with Gasteiger partial charge in [0.1, 0.15) is 0 Å². The monoisotopic (exact) mass is 248 g/mol. The van der Waals surface area contributed by atoms with Crippen molar-refractivity contribution < 1.29 is 4.84 Å². The van der Waals surface area contributed by atoms with Crippen molar-refractivity contribution in [1.82, 2.24) is 4.90 Å². The molecule has 2 rings (SSSR count). The number of hydrogen-bond donors (Lipinski definition) is 1. The first kappa shape index (κ1) is 13.5. The molecule has 0 aliphatic carbocycles. The van der Waals surface area contributed by atoms with E-state index in [-0.39, 0.29) is 0 Å². The van der Waals surface area contributed by atoms with Crippen LogP contribution in [0, 0.1) is 0 Å². The van der Waals surface area contributed by atoms with Gasteiger partial charge < -0.3 is 9.74 Å². The van der Waals surface area contributed by atoms with E-state index < -0.39 is 0 Å². The minimum Gasteiger partial charge on any atom is -0.304 e. The topological polar surface area (TPSA) is 38.5 Å². The molecule has 1 fully saturated rings. The standard InChI is InChI=1S/C15H24N2O/c16-18-13-9-15-6-4-14(5-7-15)8-12-17-10-2-1-3-11-17/h4-7H,1-3,8-13,16H2. The molecule has 1 aliphatic rings. The van der Waals surface area contributed by atoms with Gasteiger partial charge in [-0.15, -0.1) is 0 Å². The van der Waals surface area contributed by atoms with E-state index in [0.717, 1.165) is 12.8 Å². The molecule has 0 radical (unpaired) electrons. The first-order valence-electron chi connectivity index (χ1n) is 7.00. The molecule has 0 bridgehead atoms. The predicted octanol–water partition coefficient (Wildman–Crippen LogP) is 2.15. The molecule has 3 nitrogen and oxygen atoms in total. The molecule has 0 saturated carbocycles. The summed E-state index contributed by atoms with van der Waals surface area (Å²) in [6.07, 6.45) is 6.21. The Hall–Kier alpha value is -0.900. The van der Waals surface area contributed by atoms with E-state index in [1.807, 2.05) is 0 Å². The van der Waals surface area contributed by atoms with Crippen molar-refractivity contribution in [3.8, 4) is 0 Å². The SMILES string of the molecule is NOCCc1ccc(CCN2CCCCC2)cc1. The van der Waals surface area contributed by atoms with Gasteiger partial charge in [-0.1, -0.05) is 30.7 Å². The minimum absolute atomic E-state index is 0.590. The Morgan fingerprint density at radius 3 is 2.17 bits per heavy atom. The lowest BCUT2D eigenvalue weighted by molar-refractivity contribution is 0.141. The van der Waals surface area contributed by atoms with Crippen molar-refractivity contribution in [2.45, 2.75) is 32.1 Å². The highest BCUT2D eigenvalue weighted by Crippen LogP contribution is 2.11. The van der Waals surface area contributed by atoms with Crippen LogP contribution in [0.5, 0.6) is 0 Å². The number of nitrogens with two attached hydrogens (primary N) is 1. The average Bonchev–Trinajstić information content (AvgIpc) is 2.45. The van der Waals surface area contributed by atoms with Crippen molar-refractivity contribution in [1.29, 1.82) is 0 Å². The summed E-state index contributed by atoms with van der Waals surface area (Å²) < 4.78 is 0. The van der Waals surface area contributed by atoms with Gasteiger partial charge in [-0.05, 0) is 49.9 Å². The first-order chi connectivity index (χ1) is 8.88. The molecule has 0 aromatic heterocycles. The molecule has 1 saturated heterocycles. The maximum absolute atomic E-state index is 5.03. The zero-order valence-electron chi connectivity index (χ0n) is 11.1. The van der Waals surface area contributed by atoms with Crippen LogP contribution < -0.4 is 5.90 Å². The lowest BCUT2D eigenvalue weighted by Crippen LogP contribution is -2.31. The fraction of sp³-hybridized carbons (Fsp3) is 0.600. The van der Waals surface area contributed by atoms with Gasteiger partial charge in [0, 0.05) is 6.54 Å². The number of benzene rings is 1. The molecule has 1 aromatic rings. The van der Waals surface area contributed by atoms with E-state index >= 15 is 0 Å². The van der Waals surface area contributed by atoms with Crippen LogP contribution in [0.4, 0.5) is 0 Å². The third kappa shape index (κ3) is 4.41. The normalized spacial score (nSPS) is 16.9. The summed E-state index contributed by atoms with van der Waals surface area (Å²) in [5.74, 6) is 5.03. The largest absolute Gasteiger partial charge is 0.304 e. The van der Waals surface area contributed by atoms with Gasteiger partial charge in [0.25, 0.3) is 0 Å². The molecule has 100 valence electrons. The van der Waals surface area contributed by atoms with Crippen LogP contribution >= 0.6 is 0 Å². The van der Waals surface area contributed by atoms with E-state index in [4.69, 9.17) is 5.90 Å². The molecule has 0 atom stereocenters. The molecule has 1 aromatic carbocycles. The minimum atomic E-state index is 0.590. The maximum Gasteiger partial charge on any atom is 0.0719 e. The van der Waals surface area contributed by atoms with Gasteiger partial charge in [-0.25, -0.2) is 5.90 Å². The molecule has 1 heterocycles. The third-order valence-corrected chi connectivity index (χ3v) is 3.70. The van der Waals surface area contributed by atoms with Gasteiger partial charge in [0.05, 0.1) is 6.61 Å². The Morgan fingerprint density at radius 2 is 1.56 bits per heavy atom. The summed E-state index contributed by atoms with van der Waals surface area (Å²) in [4.78, 5) is 7.18. The van der Waals surface area contributed by atoms with Gasteiger partial charge in [-0.2, -0.15) is 0 Å². The van der Waals surface area contributed by atoms with Crippen LogP contribution in [0.2, 0.25) is 0 Å². The number of likely N-dealkylation sites (tertiary alicyclic amines) is 1. The van der Waals surface area contributed by atoms with Crippen molar-refractivity contribution in [3.63, 3.8) is 0 Å². The number of piperidine rings is 1. The van der Waals surface area contributed by atoms with Crippen LogP contribution in [0.15, 0.2) is 24.3 Å². The molecule has 0 unspecified atom stereocenters. The van der Waals surface area contributed by atoms with Gasteiger partial charge in [0.15, 0.2) is 0 Å². The lowest BCUT2D eigenvalue weighted by Gasteiger charge is -2.26. The molecular weight excluding hydrogens is 224 g/mol. The molecule has 2 N–H and O–H groups in total. The van der Waals surface area contributed by atoms with Crippen molar-refractivity contribution >= 4 is 0 Å². The Labute approximate surface area is 110 Å². The van der Waals surface area contributed by atoms with E-state index in [2.05, 4.69) is 34.0 Å². The summed E-state index contributed by atoms with van der Waals surface area (Å²) >= 11 is 0. The predicted molar refractivity (Wildman–Crippen MR) is 74.3 cm³/mol. The molecule has 18 heavy (non-hydrogen) atoms. The lowest BCUT2D eigenvalue weighted by atomic mass is 10.1. The van der Waals surface area contributed by atoms with Crippen LogP contribution in [0.3, 0.4) is 0 Å². The van der Waals surface area contributed by atoms with E-state index in [1.165, 1.54) is 50.0 Å². The Morgan fingerprint density at radius 1 is 0.944 bits per heavy atom. The highest BCUT2D eigenvalue weighted by atomic mass is 16.6. The molecule has 3 heteroatoms. The second-order valence-electron chi connectivity index (χ2n) is 5.09. The first-order valence-corrected chi connectivity index (χ1v) is 7.00. The van der Waals surface area contributed by atoms with Gasteiger partial charge in [0.2, 0.25) is 0 Å². The third-order valence-electron chi connectivity index (χ3n) is 3.70. The van der Waals surface area contributed by atoms with Crippen LogP contribution in [-0.2, 0) is 17.7 Å². The number of hydrogen-bond acceptors (Lipinski definition) is 3. The maximum atomic E-state index is 5.03. The second kappa shape index (κ2) is 7.52. The summed E-state index contributed by atoms with van der Waals surface area (Å²) in [6.45, 7) is 4.36. The Kier molecular flexibility index (Phi) is 5.65. The molecule has 0 amide bonds. The summed E-state index contributed by atoms with van der Waals surface area (Å²) in [5.41, 5.74) is 2.72. The number of rotatable bonds is 6. The Balaban J connectivity index is 1.75. The van der Waals surface area contributed by atoms with Crippen molar-refractivity contribution in [3.05, 3.63) is 35.4 Å². The van der Waals surface area contributed by atoms with E-state index in [9.17, 15) is 0 Å². The smallest absolute Gasteiger partial charge is 0.0719 e. The summed E-state index contributed by atoms with van der Waals surface area (Å²) in [5, 5.41) is 0. The van der Waals surface area contributed by atoms with Crippen molar-refractivity contribution in [2.24, 2.45) is 5.90 Å². The van der Waals surface area contributed by atoms with E-state index in [0.29, 0.717) is 6.61 Å². The molecule has 0 spiro atoms. The highest BCUT2D eigenvalue weighted by molar-refractivity contribution is 5.22. The van der Waals surface area contributed by atoms with Crippen LogP contribution in [-0.4, -0.2) is 31.1 Å². The summed E-state index contributed by atoms with van der Waals surface area (Å²) in [6, 6.07) is 8.83. The average molecular weight is 248 g/mol. The second-order valence-corrected chi connectivity index (χ2v) is 5.09. The Bertz CT molecular complexity index is 331. The summed E-state index contributed by atoms with van der Waals surface area (Å²) in [7, 11) is 0. The number of nitrogens with zero attached hydrogens (tertiary/aromatic N) is 1. The fourth-order valence-electron chi connectivity index (χ4n) is 2.52. The quantitative estimate of drug-likeness (QED) is 0.784. The zero-order valence-corrected chi connectivity index (χ0v) is 11.1. The molecule has 1 aliphatic heterocycles. The van der Waals surface area contributed by atoms with Gasteiger partial charge >= 0.3 is 0 Å². The van der Waals surface area contributed by atoms with Crippen LogP contribution in [0.25, 0.3) is 0 Å². The highest BCUT2D eigenvalue weighted by Gasteiger charge is 2.09. The van der Waals surface area contributed by atoms with Gasteiger partial charge in [-0.3, -0.25) is 0 Å². The van der Waals surface area contributed by atoms with E-state index in [1.54, 1.807) is 0 Å². The van der Waals surface area contributed by atoms with Crippen molar-refractivity contribution in [2.75, 3.05) is 26.2 Å².